The molecule has 15 heavy (non-hydrogen) atoms. The molecule has 0 bridgehead atoms. The van der Waals surface area contributed by atoms with Crippen molar-refractivity contribution in [2.24, 2.45) is 5.73 Å². The Hall–Kier alpha value is -0.820. The number of rotatable bonds is 1. The SMILES string of the molecule is Cc1ccc(C2CCCCC2N)cc1C. The molecule has 2 atom stereocenters. The maximum Gasteiger partial charge on any atom is 0.0108 e. The summed E-state index contributed by atoms with van der Waals surface area (Å²) < 4.78 is 0. The van der Waals surface area contributed by atoms with Gasteiger partial charge < -0.3 is 5.73 Å². The summed E-state index contributed by atoms with van der Waals surface area (Å²) in [6.07, 6.45) is 5.11. The van der Waals surface area contributed by atoms with Gasteiger partial charge in [-0.05, 0) is 49.3 Å². The molecule has 0 aromatic heterocycles. The number of nitrogens with two attached hydrogens (primary N) is 1. The zero-order valence-electron chi connectivity index (χ0n) is 9.79. The fourth-order valence-corrected chi connectivity index (χ4v) is 2.57. The van der Waals surface area contributed by atoms with Gasteiger partial charge in [-0.25, -0.2) is 0 Å². The van der Waals surface area contributed by atoms with Crippen LogP contribution < -0.4 is 5.73 Å². The van der Waals surface area contributed by atoms with Crippen molar-refractivity contribution in [1.82, 2.24) is 0 Å². The van der Waals surface area contributed by atoms with E-state index in [1.165, 1.54) is 42.4 Å². The standard InChI is InChI=1S/C14H21N/c1-10-7-8-12(9-11(10)2)13-5-3-4-6-14(13)15/h7-9,13-14H,3-6,15H2,1-2H3. The van der Waals surface area contributed by atoms with Gasteiger partial charge in [0.15, 0.2) is 0 Å². The molecule has 1 nitrogen and oxygen atoms in total. The van der Waals surface area contributed by atoms with Gasteiger partial charge in [-0.15, -0.1) is 0 Å². The van der Waals surface area contributed by atoms with E-state index < -0.39 is 0 Å². The highest BCUT2D eigenvalue weighted by molar-refractivity contribution is 5.32. The van der Waals surface area contributed by atoms with Gasteiger partial charge in [0.1, 0.15) is 0 Å². The van der Waals surface area contributed by atoms with E-state index in [1.807, 2.05) is 0 Å². The molecule has 1 saturated carbocycles. The van der Waals surface area contributed by atoms with E-state index in [9.17, 15) is 0 Å². The molecule has 0 heterocycles. The Bertz CT molecular complexity index is 343. The summed E-state index contributed by atoms with van der Waals surface area (Å²) in [5, 5.41) is 0. The first kappa shape index (κ1) is 10.7. The van der Waals surface area contributed by atoms with Crippen LogP contribution in [0, 0.1) is 13.8 Å². The summed E-state index contributed by atoms with van der Waals surface area (Å²) >= 11 is 0. The van der Waals surface area contributed by atoms with E-state index in [2.05, 4.69) is 32.0 Å². The van der Waals surface area contributed by atoms with Gasteiger partial charge in [0.2, 0.25) is 0 Å². The van der Waals surface area contributed by atoms with Crippen molar-refractivity contribution in [3.8, 4) is 0 Å². The third-order valence-electron chi connectivity index (χ3n) is 3.78. The van der Waals surface area contributed by atoms with Crippen molar-refractivity contribution in [1.29, 1.82) is 0 Å². The van der Waals surface area contributed by atoms with Crippen LogP contribution in [0.5, 0.6) is 0 Å². The number of aryl methyl sites for hydroxylation is 2. The van der Waals surface area contributed by atoms with Gasteiger partial charge in [0.25, 0.3) is 0 Å². The summed E-state index contributed by atoms with van der Waals surface area (Å²) in [6, 6.07) is 7.19. The third kappa shape index (κ3) is 2.23. The number of hydrogen-bond donors (Lipinski definition) is 1. The first-order valence-corrected chi connectivity index (χ1v) is 6.01. The Morgan fingerprint density at radius 1 is 1.07 bits per heavy atom. The van der Waals surface area contributed by atoms with E-state index in [-0.39, 0.29) is 0 Å². The van der Waals surface area contributed by atoms with Crippen molar-refractivity contribution in [2.45, 2.75) is 51.5 Å². The Morgan fingerprint density at radius 3 is 2.47 bits per heavy atom. The van der Waals surface area contributed by atoms with Crippen LogP contribution in [0.15, 0.2) is 18.2 Å². The van der Waals surface area contributed by atoms with Crippen molar-refractivity contribution in [3.05, 3.63) is 34.9 Å². The molecule has 1 aromatic carbocycles. The van der Waals surface area contributed by atoms with Gasteiger partial charge in [-0.1, -0.05) is 31.0 Å². The summed E-state index contributed by atoms with van der Waals surface area (Å²) in [6.45, 7) is 4.35. The lowest BCUT2D eigenvalue weighted by atomic mass is 9.80. The van der Waals surface area contributed by atoms with Crippen molar-refractivity contribution in [3.63, 3.8) is 0 Å². The zero-order valence-corrected chi connectivity index (χ0v) is 9.79. The highest BCUT2D eigenvalue weighted by atomic mass is 14.7. The van der Waals surface area contributed by atoms with Crippen LogP contribution in [0.2, 0.25) is 0 Å². The smallest absolute Gasteiger partial charge is 0.0108 e. The van der Waals surface area contributed by atoms with Gasteiger partial charge in [-0.2, -0.15) is 0 Å². The van der Waals surface area contributed by atoms with Crippen LogP contribution in [-0.4, -0.2) is 6.04 Å². The molecule has 1 fully saturated rings. The minimum Gasteiger partial charge on any atom is -0.327 e. The first-order valence-electron chi connectivity index (χ1n) is 6.01. The molecule has 1 aromatic rings. The van der Waals surface area contributed by atoms with Crippen LogP contribution in [0.4, 0.5) is 0 Å². The monoisotopic (exact) mass is 203 g/mol. The normalized spacial score (nSPS) is 26.6. The summed E-state index contributed by atoms with van der Waals surface area (Å²) in [5.74, 6) is 0.595. The maximum absolute atomic E-state index is 6.20. The lowest BCUT2D eigenvalue weighted by molar-refractivity contribution is 0.385. The Kier molecular flexibility index (Phi) is 3.11. The molecule has 0 saturated heterocycles. The molecule has 1 aliphatic carbocycles. The van der Waals surface area contributed by atoms with E-state index in [1.54, 1.807) is 0 Å². The van der Waals surface area contributed by atoms with Crippen molar-refractivity contribution < 1.29 is 0 Å². The van der Waals surface area contributed by atoms with Gasteiger partial charge in [0.05, 0.1) is 0 Å². The molecule has 0 amide bonds. The van der Waals surface area contributed by atoms with E-state index in [0.717, 1.165) is 0 Å². The highest BCUT2D eigenvalue weighted by Crippen LogP contribution is 2.32. The van der Waals surface area contributed by atoms with Crippen LogP contribution in [0.3, 0.4) is 0 Å². The predicted molar refractivity (Wildman–Crippen MR) is 65.1 cm³/mol. The quantitative estimate of drug-likeness (QED) is 0.744. The lowest BCUT2D eigenvalue weighted by Gasteiger charge is -2.29. The maximum atomic E-state index is 6.20. The lowest BCUT2D eigenvalue weighted by Crippen LogP contribution is -2.31. The van der Waals surface area contributed by atoms with Gasteiger partial charge in [0, 0.05) is 6.04 Å². The first-order chi connectivity index (χ1) is 7.18. The minimum atomic E-state index is 0.376. The second-order valence-corrected chi connectivity index (χ2v) is 4.90. The topological polar surface area (TPSA) is 26.0 Å². The Balaban J connectivity index is 2.24. The molecule has 0 spiro atoms. The summed E-state index contributed by atoms with van der Waals surface area (Å²) in [5.41, 5.74) is 10.4. The Morgan fingerprint density at radius 2 is 1.80 bits per heavy atom. The average Bonchev–Trinajstić information content (AvgIpc) is 2.23. The fourth-order valence-electron chi connectivity index (χ4n) is 2.57. The van der Waals surface area contributed by atoms with Crippen LogP contribution >= 0.6 is 0 Å². The van der Waals surface area contributed by atoms with Crippen LogP contribution in [-0.2, 0) is 0 Å². The molecular weight excluding hydrogens is 182 g/mol. The van der Waals surface area contributed by atoms with Crippen LogP contribution in [0.1, 0.15) is 48.3 Å². The molecular formula is C14H21N. The van der Waals surface area contributed by atoms with Crippen molar-refractivity contribution in [2.75, 3.05) is 0 Å². The van der Waals surface area contributed by atoms with Crippen LogP contribution in [0.25, 0.3) is 0 Å². The summed E-state index contributed by atoms with van der Waals surface area (Å²) in [4.78, 5) is 0. The number of hydrogen-bond acceptors (Lipinski definition) is 1. The van der Waals surface area contributed by atoms with Gasteiger partial charge >= 0.3 is 0 Å². The molecule has 1 heteroatoms. The average molecular weight is 203 g/mol. The highest BCUT2D eigenvalue weighted by Gasteiger charge is 2.23. The van der Waals surface area contributed by atoms with E-state index in [0.29, 0.717) is 12.0 Å². The summed E-state index contributed by atoms with van der Waals surface area (Å²) in [7, 11) is 0. The van der Waals surface area contributed by atoms with E-state index >= 15 is 0 Å². The van der Waals surface area contributed by atoms with Crippen molar-refractivity contribution >= 4 is 0 Å². The molecule has 2 unspecified atom stereocenters. The molecule has 1 aliphatic rings. The largest absolute Gasteiger partial charge is 0.327 e. The second kappa shape index (κ2) is 4.36. The zero-order chi connectivity index (χ0) is 10.8. The van der Waals surface area contributed by atoms with E-state index in [4.69, 9.17) is 5.73 Å². The molecule has 0 radical (unpaired) electrons. The molecule has 0 aliphatic heterocycles. The second-order valence-electron chi connectivity index (χ2n) is 4.90. The molecule has 2 rings (SSSR count). The molecule has 2 N–H and O–H groups in total. The fraction of sp³-hybridized carbons (Fsp3) is 0.571. The molecule has 82 valence electrons. The Labute approximate surface area is 92.7 Å². The van der Waals surface area contributed by atoms with Gasteiger partial charge in [-0.3, -0.25) is 0 Å². The minimum absolute atomic E-state index is 0.376. The number of benzene rings is 1. The predicted octanol–water partition coefficient (Wildman–Crippen LogP) is 3.29. The third-order valence-corrected chi connectivity index (χ3v) is 3.78.